The van der Waals surface area contributed by atoms with Gasteiger partial charge in [0.1, 0.15) is 11.6 Å². The van der Waals surface area contributed by atoms with Gasteiger partial charge in [-0.15, -0.1) is 11.3 Å². The summed E-state index contributed by atoms with van der Waals surface area (Å²) in [6.07, 6.45) is 0.166. The van der Waals surface area contributed by atoms with Crippen LogP contribution in [0.25, 0.3) is 10.9 Å². The molecule has 0 saturated heterocycles. The van der Waals surface area contributed by atoms with Gasteiger partial charge in [-0.3, -0.25) is 9.78 Å². The predicted octanol–water partition coefficient (Wildman–Crippen LogP) is 5.66. The van der Waals surface area contributed by atoms with Crippen LogP contribution >= 0.6 is 11.3 Å². The van der Waals surface area contributed by atoms with E-state index in [-0.39, 0.29) is 24.9 Å². The number of fused-ring (bicyclic) bond motifs is 1. The van der Waals surface area contributed by atoms with Crippen molar-refractivity contribution in [3.05, 3.63) is 87.5 Å². The lowest BCUT2D eigenvalue weighted by atomic mass is 10.0. The molecule has 0 bridgehead atoms. The first-order valence-electron chi connectivity index (χ1n) is 10.8. The number of ether oxygens (including phenoxy) is 1. The van der Waals surface area contributed by atoms with Crippen molar-refractivity contribution in [3.63, 3.8) is 0 Å². The Kier molecular flexibility index (Phi) is 6.79. The molecular weight excluding hydrogens is 434 g/mol. The minimum atomic E-state index is -0.415. The molecule has 0 aliphatic heterocycles. The van der Waals surface area contributed by atoms with Crippen LogP contribution in [0.15, 0.2) is 60.0 Å². The summed E-state index contributed by atoms with van der Waals surface area (Å²) < 4.78 is 5.56. The number of aromatic nitrogens is 2. The Hall–Kier alpha value is -3.58. The molecule has 0 saturated carbocycles. The van der Waals surface area contributed by atoms with Crippen molar-refractivity contribution in [2.75, 3.05) is 5.32 Å². The van der Waals surface area contributed by atoms with E-state index in [1.807, 2.05) is 74.7 Å². The van der Waals surface area contributed by atoms with Crippen molar-refractivity contribution in [2.24, 2.45) is 0 Å². The summed E-state index contributed by atoms with van der Waals surface area (Å²) in [5.74, 6) is -0.364. The number of anilines is 1. The number of para-hydroxylation sites is 1. The number of rotatable bonds is 7. The van der Waals surface area contributed by atoms with Gasteiger partial charge >= 0.3 is 5.97 Å². The maximum absolute atomic E-state index is 12.9. The smallest absolute Gasteiger partial charge is 0.339 e. The van der Waals surface area contributed by atoms with Gasteiger partial charge < -0.3 is 10.1 Å². The zero-order valence-corrected chi connectivity index (χ0v) is 19.6. The summed E-state index contributed by atoms with van der Waals surface area (Å²) in [5, 5.41) is 6.11. The fourth-order valence-corrected chi connectivity index (χ4v) is 4.13. The van der Waals surface area contributed by atoms with Gasteiger partial charge in [0.15, 0.2) is 0 Å². The second-order valence-electron chi connectivity index (χ2n) is 8.17. The largest absolute Gasteiger partial charge is 0.456 e. The molecule has 4 aromatic rings. The Morgan fingerprint density at radius 2 is 1.82 bits per heavy atom. The van der Waals surface area contributed by atoms with Gasteiger partial charge in [0.25, 0.3) is 0 Å². The lowest BCUT2D eigenvalue weighted by molar-refractivity contribution is -0.115. The number of carbonyl (C=O) groups is 2. The molecule has 4 rings (SSSR count). The van der Waals surface area contributed by atoms with E-state index in [1.165, 1.54) is 11.3 Å². The third kappa shape index (κ3) is 5.62. The molecule has 0 unspecified atom stereocenters. The molecule has 33 heavy (non-hydrogen) atoms. The molecule has 168 valence electrons. The summed E-state index contributed by atoms with van der Waals surface area (Å²) >= 11 is 1.37. The van der Waals surface area contributed by atoms with Crippen LogP contribution in [-0.4, -0.2) is 21.8 Å². The number of amides is 1. The number of benzene rings is 2. The van der Waals surface area contributed by atoms with E-state index >= 15 is 0 Å². The van der Waals surface area contributed by atoms with Crippen molar-refractivity contribution in [3.8, 4) is 0 Å². The number of thiazole rings is 1. The minimum absolute atomic E-state index is 0.0442. The molecule has 0 fully saturated rings. The molecule has 0 radical (unpaired) electrons. The first-order valence-corrected chi connectivity index (χ1v) is 11.6. The van der Waals surface area contributed by atoms with E-state index in [9.17, 15) is 9.59 Å². The van der Waals surface area contributed by atoms with E-state index in [0.717, 1.165) is 27.8 Å². The zero-order valence-electron chi connectivity index (χ0n) is 18.8. The number of carbonyl (C=O) groups excluding carboxylic acids is 2. The fourth-order valence-electron chi connectivity index (χ4n) is 3.35. The Bertz CT molecular complexity index is 1300. The van der Waals surface area contributed by atoms with E-state index in [4.69, 9.17) is 4.74 Å². The van der Waals surface area contributed by atoms with Crippen LogP contribution in [0.4, 0.5) is 5.69 Å². The molecule has 2 aromatic heterocycles. The minimum Gasteiger partial charge on any atom is -0.456 e. The van der Waals surface area contributed by atoms with Crippen LogP contribution in [0.3, 0.4) is 0 Å². The van der Waals surface area contributed by atoms with Crippen molar-refractivity contribution in [1.29, 1.82) is 0 Å². The Morgan fingerprint density at radius 1 is 1.06 bits per heavy atom. The van der Waals surface area contributed by atoms with E-state index in [0.29, 0.717) is 16.3 Å². The third-order valence-corrected chi connectivity index (χ3v) is 6.04. The van der Waals surface area contributed by atoms with Crippen molar-refractivity contribution in [1.82, 2.24) is 9.97 Å². The quantitative estimate of drug-likeness (QED) is 0.361. The Balaban J connectivity index is 1.40. The summed E-state index contributed by atoms with van der Waals surface area (Å²) in [6, 6.07) is 17.0. The standard InChI is InChI=1S/C26H25N3O3S/c1-16(2)23-12-21(20-6-4-5-7-22(20)29-23)26(31)32-14-19-15-33-25(28-19)13-24(30)27-18-10-8-17(3)9-11-18/h4-12,15-16H,13-14H2,1-3H3,(H,27,30). The second kappa shape index (κ2) is 9.92. The summed E-state index contributed by atoms with van der Waals surface area (Å²) in [4.78, 5) is 34.3. The molecule has 0 aliphatic rings. The zero-order chi connectivity index (χ0) is 23.4. The highest BCUT2D eigenvalue weighted by atomic mass is 32.1. The summed E-state index contributed by atoms with van der Waals surface area (Å²) in [5.41, 5.74) is 4.61. The molecule has 6 nitrogen and oxygen atoms in total. The number of nitrogens with zero attached hydrogens (tertiary/aromatic N) is 2. The van der Waals surface area contributed by atoms with E-state index in [1.54, 1.807) is 6.07 Å². The van der Waals surface area contributed by atoms with Crippen molar-refractivity contribution >= 4 is 39.8 Å². The van der Waals surface area contributed by atoms with Crippen LogP contribution in [0.5, 0.6) is 0 Å². The molecule has 0 aliphatic carbocycles. The highest BCUT2D eigenvalue weighted by Gasteiger charge is 2.17. The number of aryl methyl sites for hydroxylation is 1. The van der Waals surface area contributed by atoms with Crippen molar-refractivity contribution < 1.29 is 14.3 Å². The van der Waals surface area contributed by atoms with Crippen LogP contribution in [-0.2, 0) is 22.6 Å². The van der Waals surface area contributed by atoms with Gasteiger partial charge in [0, 0.05) is 22.1 Å². The monoisotopic (exact) mass is 459 g/mol. The number of pyridine rings is 1. The SMILES string of the molecule is Cc1ccc(NC(=O)Cc2nc(COC(=O)c3cc(C(C)C)nc4ccccc34)cs2)cc1. The second-order valence-corrected chi connectivity index (χ2v) is 9.11. The third-order valence-electron chi connectivity index (χ3n) is 5.14. The summed E-state index contributed by atoms with van der Waals surface area (Å²) in [6.45, 7) is 6.12. The first-order chi connectivity index (χ1) is 15.9. The lowest BCUT2D eigenvalue weighted by Gasteiger charge is -2.11. The van der Waals surface area contributed by atoms with Gasteiger partial charge in [-0.25, -0.2) is 9.78 Å². The highest BCUT2D eigenvalue weighted by molar-refractivity contribution is 7.09. The highest BCUT2D eigenvalue weighted by Crippen LogP contribution is 2.23. The molecule has 7 heteroatoms. The molecular formula is C26H25N3O3S. The first kappa shape index (κ1) is 22.6. The Morgan fingerprint density at radius 3 is 2.58 bits per heavy atom. The average Bonchev–Trinajstić information content (AvgIpc) is 3.25. The van der Waals surface area contributed by atoms with Crippen LogP contribution < -0.4 is 5.32 Å². The lowest BCUT2D eigenvalue weighted by Crippen LogP contribution is -2.14. The maximum Gasteiger partial charge on any atom is 0.339 e. The molecule has 2 heterocycles. The maximum atomic E-state index is 12.9. The normalized spacial score (nSPS) is 11.0. The van der Waals surface area contributed by atoms with Crippen LogP contribution in [0.2, 0.25) is 0 Å². The van der Waals surface area contributed by atoms with Gasteiger partial charge in [-0.1, -0.05) is 49.7 Å². The van der Waals surface area contributed by atoms with E-state index in [2.05, 4.69) is 15.3 Å². The van der Waals surface area contributed by atoms with Gasteiger partial charge in [-0.05, 0) is 37.1 Å². The fraction of sp³-hybridized carbons (Fsp3) is 0.231. The number of hydrogen-bond donors (Lipinski definition) is 1. The van der Waals surface area contributed by atoms with Gasteiger partial charge in [-0.2, -0.15) is 0 Å². The van der Waals surface area contributed by atoms with Gasteiger partial charge in [0.05, 0.1) is 23.2 Å². The number of hydrogen-bond acceptors (Lipinski definition) is 6. The summed E-state index contributed by atoms with van der Waals surface area (Å²) in [7, 11) is 0. The molecule has 1 amide bonds. The van der Waals surface area contributed by atoms with Gasteiger partial charge in [0.2, 0.25) is 5.91 Å². The molecule has 1 N–H and O–H groups in total. The topological polar surface area (TPSA) is 81.2 Å². The predicted molar refractivity (Wildman–Crippen MR) is 131 cm³/mol. The van der Waals surface area contributed by atoms with Crippen LogP contribution in [0.1, 0.15) is 52.1 Å². The van der Waals surface area contributed by atoms with E-state index < -0.39 is 5.97 Å². The molecule has 0 atom stereocenters. The molecule has 2 aromatic carbocycles. The number of esters is 1. The Labute approximate surface area is 196 Å². The van der Waals surface area contributed by atoms with Crippen molar-refractivity contribution in [2.45, 2.75) is 39.7 Å². The average molecular weight is 460 g/mol. The molecule has 0 spiro atoms. The number of nitrogens with one attached hydrogen (secondary N) is 1. The van der Waals surface area contributed by atoms with Crippen LogP contribution in [0, 0.1) is 6.92 Å².